The third kappa shape index (κ3) is 3.55. The van der Waals surface area contributed by atoms with Gasteiger partial charge in [-0.25, -0.2) is 4.79 Å². The van der Waals surface area contributed by atoms with Gasteiger partial charge in [0, 0.05) is 25.1 Å². The lowest BCUT2D eigenvalue weighted by Crippen LogP contribution is -2.49. The van der Waals surface area contributed by atoms with Crippen LogP contribution < -0.4 is 20.3 Å². The second kappa shape index (κ2) is 6.93. The van der Waals surface area contributed by atoms with E-state index in [1.807, 2.05) is 13.8 Å². The lowest BCUT2D eigenvalue weighted by molar-refractivity contribution is -0.123. The summed E-state index contributed by atoms with van der Waals surface area (Å²) in [6.07, 6.45) is 0.259. The van der Waals surface area contributed by atoms with E-state index in [-0.39, 0.29) is 24.8 Å². The molecule has 0 bridgehead atoms. The predicted octanol–water partition coefficient (Wildman–Crippen LogP) is 0.956. The molecule has 1 heterocycles. The quantitative estimate of drug-likeness (QED) is 0.848. The van der Waals surface area contributed by atoms with Gasteiger partial charge in [-0.3, -0.25) is 19.8 Å². The summed E-state index contributed by atoms with van der Waals surface area (Å²) < 4.78 is 5.50. The zero-order valence-corrected chi connectivity index (χ0v) is 12.6. The zero-order valence-electron chi connectivity index (χ0n) is 12.6. The highest BCUT2D eigenvalue weighted by Gasteiger charge is 2.26. The standard InChI is InChI=1S/C15H19N3O4/c1-3-16-14(20)9-22-12-6-4-5-11(10(12)2)18-8-7-13(19)17-15(18)21/h4-6H,3,7-9H2,1-2H3,(H,16,20)(H,17,19,21). The van der Waals surface area contributed by atoms with Gasteiger partial charge in [-0.2, -0.15) is 0 Å². The fourth-order valence-electron chi connectivity index (χ4n) is 2.24. The Morgan fingerprint density at radius 3 is 2.86 bits per heavy atom. The van der Waals surface area contributed by atoms with Gasteiger partial charge in [-0.15, -0.1) is 0 Å². The first-order valence-corrected chi connectivity index (χ1v) is 7.13. The van der Waals surface area contributed by atoms with Crippen LogP contribution in [0.1, 0.15) is 18.9 Å². The normalized spacial score (nSPS) is 14.5. The molecule has 0 atom stereocenters. The minimum atomic E-state index is -0.444. The number of hydrogen-bond donors (Lipinski definition) is 2. The maximum atomic E-state index is 11.9. The third-order valence-corrected chi connectivity index (χ3v) is 3.33. The molecule has 1 aromatic rings. The number of carbonyl (C=O) groups is 3. The number of benzene rings is 1. The number of carbonyl (C=O) groups excluding carboxylic acids is 3. The van der Waals surface area contributed by atoms with Crippen LogP contribution in [0.3, 0.4) is 0 Å². The molecule has 1 aliphatic rings. The fourth-order valence-corrected chi connectivity index (χ4v) is 2.24. The topological polar surface area (TPSA) is 87.7 Å². The Hall–Kier alpha value is -2.57. The molecule has 0 spiro atoms. The molecular formula is C15H19N3O4. The summed E-state index contributed by atoms with van der Waals surface area (Å²) in [5.74, 6) is 0.0598. The van der Waals surface area contributed by atoms with Gasteiger partial charge < -0.3 is 10.1 Å². The minimum absolute atomic E-state index is 0.0805. The van der Waals surface area contributed by atoms with Crippen LogP contribution in [0, 0.1) is 6.92 Å². The molecule has 1 fully saturated rings. The Balaban J connectivity index is 2.13. The van der Waals surface area contributed by atoms with Crippen molar-refractivity contribution in [1.29, 1.82) is 0 Å². The summed E-state index contributed by atoms with van der Waals surface area (Å²) >= 11 is 0. The number of nitrogens with one attached hydrogen (secondary N) is 2. The lowest BCUT2D eigenvalue weighted by atomic mass is 10.1. The van der Waals surface area contributed by atoms with Crippen molar-refractivity contribution in [1.82, 2.24) is 10.6 Å². The second-order valence-electron chi connectivity index (χ2n) is 4.90. The van der Waals surface area contributed by atoms with E-state index in [4.69, 9.17) is 4.74 Å². The molecule has 2 N–H and O–H groups in total. The average molecular weight is 305 g/mol. The molecule has 7 heteroatoms. The number of hydrogen-bond acceptors (Lipinski definition) is 4. The van der Waals surface area contributed by atoms with E-state index in [1.165, 1.54) is 4.90 Å². The summed E-state index contributed by atoms with van der Waals surface area (Å²) in [6, 6.07) is 4.83. The van der Waals surface area contributed by atoms with Crippen molar-refractivity contribution in [3.8, 4) is 5.75 Å². The number of amides is 4. The average Bonchev–Trinajstić information content (AvgIpc) is 2.47. The van der Waals surface area contributed by atoms with E-state index in [0.717, 1.165) is 5.56 Å². The van der Waals surface area contributed by atoms with Crippen LogP contribution in [0.2, 0.25) is 0 Å². The Kier molecular flexibility index (Phi) is 4.98. The number of likely N-dealkylation sites (N-methyl/N-ethyl adjacent to an activating group) is 1. The van der Waals surface area contributed by atoms with Gasteiger partial charge in [0.2, 0.25) is 5.91 Å². The molecule has 4 amide bonds. The van der Waals surface area contributed by atoms with E-state index in [1.54, 1.807) is 18.2 Å². The van der Waals surface area contributed by atoms with Crippen LogP contribution in [0.25, 0.3) is 0 Å². The molecule has 1 aliphatic heterocycles. The van der Waals surface area contributed by atoms with Crippen LogP contribution in [-0.2, 0) is 9.59 Å². The molecule has 1 aromatic carbocycles. The fraction of sp³-hybridized carbons (Fsp3) is 0.400. The monoisotopic (exact) mass is 305 g/mol. The van der Waals surface area contributed by atoms with Gasteiger partial charge in [0.1, 0.15) is 5.75 Å². The SMILES string of the molecule is CCNC(=O)COc1cccc(N2CCC(=O)NC2=O)c1C. The number of ether oxygens (including phenoxy) is 1. The van der Waals surface area contributed by atoms with Gasteiger partial charge >= 0.3 is 6.03 Å². The van der Waals surface area contributed by atoms with Gasteiger partial charge in [-0.05, 0) is 26.0 Å². The van der Waals surface area contributed by atoms with E-state index in [2.05, 4.69) is 10.6 Å². The molecule has 7 nitrogen and oxygen atoms in total. The molecule has 0 saturated carbocycles. The highest BCUT2D eigenvalue weighted by atomic mass is 16.5. The summed E-state index contributed by atoms with van der Waals surface area (Å²) in [5, 5.41) is 4.93. The van der Waals surface area contributed by atoms with Crippen LogP contribution >= 0.6 is 0 Å². The zero-order chi connectivity index (χ0) is 16.1. The number of urea groups is 1. The Bertz CT molecular complexity index is 600. The van der Waals surface area contributed by atoms with Crippen molar-refractivity contribution < 1.29 is 19.1 Å². The van der Waals surface area contributed by atoms with Crippen molar-refractivity contribution in [2.75, 3.05) is 24.6 Å². The van der Waals surface area contributed by atoms with Gasteiger partial charge in [0.15, 0.2) is 6.61 Å². The Morgan fingerprint density at radius 2 is 2.18 bits per heavy atom. The van der Waals surface area contributed by atoms with Crippen LogP contribution in [0.15, 0.2) is 18.2 Å². The largest absolute Gasteiger partial charge is 0.483 e. The van der Waals surface area contributed by atoms with Gasteiger partial charge in [0.05, 0.1) is 5.69 Å². The molecule has 0 unspecified atom stereocenters. The third-order valence-electron chi connectivity index (χ3n) is 3.33. The first kappa shape index (κ1) is 15.8. The molecule has 118 valence electrons. The van der Waals surface area contributed by atoms with Crippen molar-refractivity contribution in [3.63, 3.8) is 0 Å². The van der Waals surface area contributed by atoms with Crippen molar-refractivity contribution in [2.45, 2.75) is 20.3 Å². The Labute approximate surface area is 128 Å². The summed E-state index contributed by atoms with van der Waals surface area (Å²) in [4.78, 5) is 36.1. The van der Waals surface area contributed by atoms with Crippen molar-refractivity contribution in [3.05, 3.63) is 23.8 Å². The van der Waals surface area contributed by atoms with Crippen molar-refractivity contribution in [2.24, 2.45) is 0 Å². The highest BCUT2D eigenvalue weighted by Crippen LogP contribution is 2.29. The summed E-state index contributed by atoms with van der Waals surface area (Å²) in [6.45, 7) is 4.43. The van der Waals surface area contributed by atoms with Crippen LogP contribution in [-0.4, -0.2) is 37.5 Å². The van der Waals surface area contributed by atoms with Crippen molar-refractivity contribution >= 4 is 23.5 Å². The molecule has 0 aliphatic carbocycles. The molecule has 2 rings (SSSR count). The Morgan fingerprint density at radius 1 is 1.41 bits per heavy atom. The van der Waals surface area contributed by atoms with E-state index in [0.29, 0.717) is 24.5 Å². The first-order valence-electron chi connectivity index (χ1n) is 7.13. The van der Waals surface area contributed by atoms with Crippen LogP contribution in [0.5, 0.6) is 5.75 Å². The molecule has 1 saturated heterocycles. The van der Waals surface area contributed by atoms with Gasteiger partial charge in [-0.1, -0.05) is 6.07 Å². The summed E-state index contributed by atoms with van der Waals surface area (Å²) in [5.41, 5.74) is 1.41. The number of anilines is 1. The molecule has 0 radical (unpaired) electrons. The molecule has 0 aromatic heterocycles. The van der Waals surface area contributed by atoms with E-state index < -0.39 is 6.03 Å². The first-order chi connectivity index (χ1) is 10.5. The molecular weight excluding hydrogens is 286 g/mol. The number of rotatable bonds is 5. The second-order valence-corrected chi connectivity index (χ2v) is 4.90. The molecule has 22 heavy (non-hydrogen) atoms. The smallest absolute Gasteiger partial charge is 0.328 e. The number of imide groups is 1. The minimum Gasteiger partial charge on any atom is -0.483 e. The lowest BCUT2D eigenvalue weighted by Gasteiger charge is -2.28. The predicted molar refractivity (Wildman–Crippen MR) is 80.9 cm³/mol. The van der Waals surface area contributed by atoms with Crippen LogP contribution in [0.4, 0.5) is 10.5 Å². The van der Waals surface area contributed by atoms with E-state index in [9.17, 15) is 14.4 Å². The highest BCUT2D eigenvalue weighted by molar-refractivity contribution is 6.06. The van der Waals surface area contributed by atoms with Gasteiger partial charge in [0.25, 0.3) is 5.91 Å². The maximum absolute atomic E-state index is 11.9. The summed E-state index contributed by atoms with van der Waals surface area (Å²) in [7, 11) is 0. The maximum Gasteiger partial charge on any atom is 0.328 e. The van der Waals surface area contributed by atoms with E-state index >= 15 is 0 Å². The number of nitrogens with zero attached hydrogens (tertiary/aromatic N) is 1.